The zero-order chi connectivity index (χ0) is 16.2. The molecule has 2 aromatic rings. The predicted octanol–water partition coefficient (Wildman–Crippen LogP) is 2.24. The third kappa shape index (κ3) is 3.41. The van der Waals surface area contributed by atoms with Gasteiger partial charge in [-0.15, -0.1) is 0 Å². The van der Waals surface area contributed by atoms with Crippen LogP contribution in [-0.4, -0.2) is 40.1 Å². The lowest BCUT2D eigenvalue weighted by molar-refractivity contribution is -0.143. The highest BCUT2D eigenvalue weighted by molar-refractivity contribution is 5.82. The van der Waals surface area contributed by atoms with Crippen molar-refractivity contribution in [2.75, 3.05) is 13.1 Å². The number of nitrogens with zero attached hydrogens (tertiary/aromatic N) is 2. The molecule has 1 fully saturated rings. The first-order valence-electron chi connectivity index (χ1n) is 7.73. The van der Waals surface area contributed by atoms with Crippen LogP contribution in [0.4, 0.5) is 4.79 Å². The number of carbonyl (C=O) groups is 2. The molecule has 23 heavy (non-hydrogen) atoms. The minimum Gasteiger partial charge on any atom is -0.481 e. The number of pyridine rings is 1. The SMILES string of the molecule is O=C(O)C1CCN(C(=O)NCc2cccc3cccnc23)CC1. The van der Waals surface area contributed by atoms with Gasteiger partial charge in [-0.1, -0.05) is 24.3 Å². The van der Waals surface area contributed by atoms with Gasteiger partial charge < -0.3 is 15.3 Å². The molecule has 0 saturated carbocycles. The Morgan fingerprint density at radius 1 is 1.22 bits per heavy atom. The van der Waals surface area contributed by atoms with E-state index in [2.05, 4.69) is 10.3 Å². The normalized spacial score (nSPS) is 15.6. The number of urea groups is 1. The molecule has 1 saturated heterocycles. The maximum absolute atomic E-state index is 12.2. The molecule has 2 heterocycles. The van der Waals surface area contributed by atoms with Crippen molar-refractivity contribution >= 4 is 22.9 Å². The lowest BCUT2D eigenvalue weighted by Crippen LogP contribution is -2.45. The molecule has 1 aromatic heterocycles. The first-order chi connectivity index (χ1) is 11.1. The number of carbonyl (C=O) groups excluding carboxylic acids is 1. The molecule has 6 nitrogen and oxygen atoms in total. The number of fused-ring (bicyclic) bond motifs is 1. The van der Waals surface area contributed by atoms with E-state index in [9.17, 15) is 9.59 Å². The zero-order valence-corrected chi connectivity index (χ0v) is 12.7. The second-order valence-electron chi connectivity index (χ2n) is 5.75. The van der Waals surface area contributed by atoms with E-state index >= 15 is 0 Å². The Labute approximate surface area is 134 Å². The number of likely N-dealkylation sites (tertiary alicyclic amines) is 1. The number of piperidine rings is 1. The molecule has 1 aliphatic heterocycles. The van der Waals surface area contributed by atoms with E-state index in [0.29, 0.717) is 32.5 Å². The third-order valence-electron chi connectivity index (χ3n) is 4.28. The fourth-order valence-corrected chi connectivity index (χ4v) is 2.92. The number of carboxylic acid groups (broad SMARTS) is 1. The van der Waals surface area contributed by atoms with Gasteiger partial charge in [-0.05, 0) is 24.5 Å². The van der Waals surface area contributed by atoms with E-state index in [-0.39, 0.29) is 11.9 Å². The van der Waals surface area contributed by atoms with Crippen molar-refractivity contribution in [1.29, 1.82) is 0 Å². The summed E-state index contributed by atoms with van der Waals surface area (Å²) in [6, 6.07) is 9.61. The number of amides is 2. The van der Waals surface area contributed by atoms with E-state index in [4.69, 9.17) is 5.11 Å². The smallest absolute Gasteiger partial charge is 0.317 e. The van der Waals surface area contributed by atoms with Crippen molar-refractivity contribution in [3.8, 4) is 0 Å². The van der Waals surface area contributed by atoms with Gasteiger partial charge in [0.25, 0.3) is 0 Å². The van der Waals surface area contributed by atoms with Crippen molar-refractivity contribution in [3.05, 3.63) is 42.1 Å². The van der Waals surface area contributed by atoms with E-state index in [1.54, 1.807) is 11.1 Å². The molecule has 6 heteroatoms. The first-order valence-corrected chi connectivity index (χ1v) is 7.73. The monoisotopic (exact) mass is 313 g/mol. The summed E-state index contributed by atoms with van der Waals surface area (Å²) in [7, 11) is 0. The Morgan fingerprint density at radius 2 is 1.96 bits per heavy atom. The van der Waals surface area contributed by atoms with Gasteiger partial charge in [-0.2, -0.15) is 0 Å². The summed E-state index contributed by atoms with van der Waals surface area (Å²) in [6.45, 7) is 1.37. The maximum Gasteiger partial charge on any atom is 0.317 e. The highest BCUT2D eigenvalue weighted by Gasteiger charge is 2.26. The molecular formula is C17H19N3O3. The molecule has 2 amide bonds. The average Bonchev–Trinajstić information content (AvgIpc) is 2.59. The van der Waals surface area contributed by atoms with Gasteiger partial charge in [0.05, 0.1) is 11.4 Å². The second-order valence-corrected chi connectivity index (χ2v) is 5.75. The molecule has 0 radical (unpaired) electrons. The van der Waals surface area contributed by atoms with Crippen LogP contribution in [0.1, 0.15) is 18.4 Å². The zero-order valence-electron chi connectivity index (χ0n) is 12.7. The molecule has 3 rings (SSSR count). The fourth-order valence-electron chi connectivity index (χ4n) is 2.92. The van der Waals surface area contributed by atoms with Crippen LogP contribution in [0.5, 0.6) is 0 Å². The van der Waals surface area contributed by atoms with Gasteiger partial charge in [-0.25, -0.2) is 4.79 Å². The summed E-state index contributed by atoms with van der Waals surface area (Å²) in [5, 5.41) is 12.9. The number of para-hydroxylation sites is 1. The number of nitrogens with one attached hydrogen (secondary N) is 1. The maximum atomic E-state index is 12.2. The summed E-state index contributed by atoms with van der Waals surface area (Å²) in [4.78, 5) is 29.2. The van der Waals surface area contributed by atoms with E-state index in [1.165, 1.54) is 0 Å². The lowest BCUT2D eigenvalue weighted by atomic mass is 9.97. The lowest BCUT2D eigenvalue weighted by Gasteiger charge is -2.30. The number of rotatable bonds is 3. The van der Waals surface area contributed by atoms with Crippen LogP contribution in [0, 0.1) is 5.92 Å². The van der Waals surface area contributed by atoms with Gasteiger partial charge >= 0.3 is 12.0 Å². The number of aromatic nitrogens is 1. The van der Waals surface area contributed by atoms with Crippen LogP contribution in [0.2, 0.25) is 0 Å². The van der Waals surface area contributed by atoms with Gasteiger partial charge in [0.2, 0.25) is 0 Å². The van der Waals surface area contributed by atoms with E-state index < -0.39 is 5.97 Å². The highest BCUT2D eigenvalue weighted by atomic mass is 16.4. The number of benzene rings is 1. The number of aliphatic carboxylic acids is 1. The van der Waals surface area contributed by atoms with Crippen LogP contribution >= 0.6 is 0 Å². The van der Waals surface area contributed by atoms with E-state index in [1.807, 2.05) is 30.3 Å². The number of carboxylic acids is 1. The quantitative estimate of drug-likeness (QED) is 0.910. The van der Waals surface area contributed by atoms with Crippen LogP contribution in [0.25, 0.3) is 10.9 Å². The molecule has 120 valence electrons. The summed E-state index contributed by atoms with van der Waals surface area (Å²) in [5.74, 6) is -1.10. The molecule has 1 aromatic carbocycles. The molecule has 0 spiro atoms. The molecule has 1 aliphatic rings. The van der Waals surface area contributed by atoms with Crippen molar-refractivity contribution < 1.29 is 14.7 Å². The van der Waals surface area contributed by atoms with Crippen LogP contribution in [0.3, 0.4) is 0 Å². The van der Waals surface area contributed by atoms with Crippen molar-refractivity contribution in [2.45, 2.75) is 19.4 Å². The summed E-state index contributed by atoms with van der Waals surface area (Å²) >= 11 is 0. The number of hydrogen-bond donors (Lipinski definition) is 2. The molecule has 0 atom stereocenters. The first kappa shape index (κ1) is 15.3. The van der Waals surface area contributed by atoms with Crippen LogP contribution in [-0.2, 0) is 11.3 Å². The highest BCUT2D eigenvalue weighted by Crippen LogP contribution is 2.18. The summed E-state index contributed by atoms with van der Waals surface area (Å²) < 4.78 is 0. The second kappa shape index (κ2) is 6.64. The summed E-state index contributed by atoms with van der Waals surface area (Å²) in [6.07, 6.45) is 2.77. The van der Waals surface area contributed by atoms with Gasteiger partial charge in [-0.3, -0.25) is 9.78 Å². The predicted molar refractivity (Wildman–Crippen MR) is 85.9 cm³/mol. The van der Waals surface area contributed by atoms with Crippen molar-refractivity contribution in [1.82, 2.24) is 15.2 Å². The summed E-state index contributed by atoms with van der Waals surface area (Å²) in [5.41, 5.74) is 1.86. The Kier molecular flexibility index (Phi) is 4.41. The Hall–Kier alpha value is -2.63. The van der Waals surface area contributed by atoms with Crippen LogP contribution in [0.15, 0.2) is 36.5 Å². The Morgan fingerprint density at radius 3 is 2.70 bits per heavy atom. The largest absolute Gasteiger partial charge is 0.481 e. The number of hydrogen-bond acceptors (Lipinski definition) is 3. The molecule has 0 aliphatic carbocycles. The molecule has 0 unspecified atom stereocenters. The third-order valence-corrected chi connectivity index (χ3v) is 4.28. The topological polar surface area (TPSA) is 82.5 Å². The van der Waals surface area contributed by atoms with Gasteiger partial charge in [0.1, 0.15) is 0 Å². The van der Waals surface area contributed by atoms with Gasteiger partial charge in [0, 0.05) is 31.2 Å². The molecule has 2 N–H and O–H groups in total. The Balaban J connectivity index is 1.60. The fraction of sp³-hybridized carbons (Fsp3) is 0.353. The van der Waals surface area contributed by atoms with Crippen molar-refractivity contribution in [3.63, 3.8) is 0 Å². The standard InChI is InChI=1S/C17H19N3O3/c21-16(22)13-6-9-20(10-7-13)17(23)19-11-14-4-1-3-12-5-2-8-18-15(12)14/h1-5,8,13H,6-7,9-11H2,(H,19,23)(H,21,22). The minimum absolute atomic E-state index is 0.151. The van der Waals surface area contributed by atoms with E-state index in [0.717, 1.165) is 16.5 Å². The van der Waals surface area contributed by atoms with Crippen molar-refractivity contribution in [2.24, 2.45) is 5.92 Å². The van der Waals surface area contributed by atoms with Crippen LogP contribution < -0.4 is 5.32 Å². The minimum atomic E-state index is -0.771. The average molecular weight is 313 g/mol. The molecule has 0 bridgehead atoms. The molecular weight excluding hydrogens is 294 g/mol. The van der Waals surface area contributed by atoms with Gasteiger partial charge in [0.15, 0.2) is 0 Å². The Bertz CT molecular complexity index is 719.